The number of hydrogen-bond donors (Lipinski definition) is 1. The van der Waals surface area contributed by atoms with Gasteiger partial charge in [-0.1, -0.05) is 40.7 Å². The Balaban J connectivity index is 3.02. The predicted molar refractivity (Wildman–Crippen MR) is 135 cm³/mol. The number of carbonyl (C=O) groups is 4. The smallest absolute Gasteiger partial charge is 0.323 e. The van der Waals surface area contributed by atoms with E-state index in [1.165, 1.54) is 7.11 Å². The Labute approximate surface area is 214 Å². The van der Waals surface area contributed by atoms with E-state index < -0.39 is 23.9 Å². The molecule has 0 aliphatic rings. The van der Waals surface area contributed by atoms with E-state index in [1.807, 2.05) is 27.7 Å². The molecule has 0 spiro atoms. The lowest BCUT2D eigenvalue weighted by molar-refractivity contribution is -0.144. The molecule has 0 fully saturated rings. The van der Waals surface area contributed by atoms with E-state index in [-0.39, 0.29) is 56.3 Å². The molecule has 0 saturated heterocycles. The number of nitrogens with one attached hydrogen (secondary N) is 1. The summed E-state index contributed by atoms with van der Waals surface area (Å²) < 4.78 is 21.0. The first kappa shape index (κ1) is 31.1. The van der Waals surface area contributed by atoms with Crippen LogP contribution in [0.1, 0.15) is 72.3 Å². The third-order valence-corrected chi connectivity index (χ3v) is 5.28. The van der Waals surface area contributed by atoms with E-state index >= 15 is 0 Å². The Hall–Kier alpha value is -2.94. The summed E-state index contributed by atoms with van der Waals surface area (Å²) in [5.74, 6) is -0.695. The normalized spacial score (nSPS) is 11.8. The number of rotatable bonds is 16. The van der Waals surface area contributed by atoms with Gasteiger partial charge in [-0.2, -0.15) is 0 Å². The first-order valence-electron chi connectivity index (χ1n) is 12.6. The number of methoxy groups -OCH3 is 1. The van der Waals surface area contributed by atoms with Gasteiger partial charge >= 0.3 is 23.9 Å². The summed E-state index contributed by atoms with van der Waals surface area (Å²) in [4.78, 5) is 48.3. The average Bonchev–Trinajstić information content (AvgIpc) is 2.84. The fourth-order valence-electron chi connectivity index (χ4n) is 3.12. The van der Waals surface area contributed by atoms with Crippen LogP contribution in [0.25, 0.3) is 0 Å². The minimum Gasteiger partial charge on any atom is -0.468 e. The third-order valence-electron chi connectivity index (χ3n) is 5.28. The van der Waals surface area contributed by atoms with Gasteiger partial charge in [0.05, 0.1) is 7.11 Å². The average molecular weight is 508 g/mol. The molecule has 36 heavy (non-hydrogen) atoms. The molecular formula is C27H41NO8. The molecule has 1 N–H and O–H groups in total. The summed E-state index contributed by atoms with van der Waals surface area (Å²) in [5, 5.41) is 3.02. The predicted octanol–water partition coefficient (Wildman–Crippen LogP) is 4.00. The van der Waals surface area contributed by atoms with E-state index in [0.29, 0.717) is 30.2 Å². The topological polar surface area (TPSA) is 117 Å². The van der Waals surface area contributed by atoms with E-state index in [2.05, 4.69) is 5.32 Å². The lowest BCUT2D eigenvalue weighted by Crippen LogP contribution is -2.41. The second-order valence-electron chi connectivity index (χ2n) is 9.40. The molecule has 0 amide bonds. The van der Waals surface area contributed by atoms with Gasteiger partial charge in [-0.3, -0.25) is 19.2 Å². The Bertz CT molecular complexity index is 865. The standard InChI is InChI=1S/C27H41NO8/c1-7-24(29)34-15-14-28-21(27(32)33-6)16-20-10-11-22(35-25(30)12-8-18(2)3)23(17-20)36-26(31)13-9-19(4)5/h10-11,17-19,21,28H,7-9,12-16H2,1-6H3/t21-/m0/s1. The van der Waals surface area contributed by atoms with E-state index in [9.17, 15) is 19.2 Å². The third kappa shape index (κ3) is 12.7. The van der Waals surface area contributed by atoms with Gasteiger partial charge in [-0.15, -0.1) is 0 Å². The molecule has 0 unspecified atom stereocenters. The Kier molecular flexibility index (Phi) is 14.4. The zero-order valence-electron chi connectivity index (χ0n) is 22.4. The molecule has 9 heteroatoms. The molecule has 0 saturated carbocycles. The maximum absolute atomic E-state index is 12.4. The highest BCUT2D eigenvalue weighted by Gasteiger charge is 2.21. The zero-order chi connectivity index (χ0) is 27.1. The molecule has 9 nitrogen and oxygen atoms in total. The second kappa shape index (κ2) is 16.7. The molecule has 1 aromatic rings. The molecule has 202 valence electrons. The maximum atomic E-state index is 12.4. The molecular weight excluding hydrogens is 466 g/mol. The van der Waals surface area contributed by atoms with Crippen LogP contribution in [-0.4, -0.2) is 50.2 Å². The molecule has 0 radical (unpaired) electrons. The number of hydrogen-bond acceptors (Lipinski definition) is 9. The van der Waals surface area contributed by atoms with E-state index in [1.54, 1.807) is 25.1 Å². The van der Waals surface area contributed by atoms with Crippen molar-refractivity contribution in [1.29, 1.82) is 0 Å². The van der Waals surface area contributed by atoms with Gasteiger partial charge in [0.1, 0.15) is 12.6 Å². The van der Waals surface area contributed by atoms with Crippen molar-refractivity contribution >= 4 is 23.9 Å². The van der Waals surface area contributed by atoms with Crippen LogP contribution >= 0.6 is 0 Å². The molecule has 1 atom stereocenters. The SMILES string of the molecule is CCC(=O)OCCN[C@@H](Cc1ccc(OC(=O)CCC(C)C)c(OC(=O)CCC(C)C)c1)C(=O)OC. The molecule has 1 rings (SSSR count). The number of esters is 4. The van der Waals surface area contributed by atoms with Crippen molar-refractivity contribution < 1.29 is 38.1 Å². The van der Waals surface area contributed by atoms with Crippen molar-refractivity contribution in [2.45, 2.75) is 79.2 Å². The fourth-order valence-corrected chi connectivity index (χ4v) is 3.12. The first-order chi connectivity index (χ1) is 17.0. The van der Waals surface area contributed by atoms with Crippen molar-refractivity contribution in [2.75, 3.05) is 20.3 Å². The van der Waals surface area contributed by atoms with Gasteiger partial charge in [0.25, 0.3) is 0 Å². The van der Waals surface area contributed by atoms with Crippen molar-refractivity contribution in [3.8, 4) is 11.5 Å². The van der Waals surface area contributed by atoms with Gasteiger partial charge in [0.2, 0.25) is 0 Å². The Morgan fingerprint density at radius 1 is 0.861 bits per heavy atom. The molecule has 0 aromatic heterocycles. The summed E-state index contributed by atoms with van der Waals surface area (Å²) in [6, 6.07) is 4.13. The van der Waals surface area contributed by atoms with E-state index in [0.717, 1.165) is 0 Å². The fraction of sp³-hybridized carbons (Fsp3) is 0.630. The monoisotopic (exact) mass is 507 g/mol. The highest BCUT2D eigenvalue weighted by molar-refractivity contribution is 5.77. The summed E-state index contributed by atoms with van der Waals surface area (Å²) in [5.41, 5.74) is 0.664. The minimum atomic E-state index is -0.723. The van der Waals surface area contributed by atoms with Gasteiger partial charge in [0.15, 0.2) is 11.5 Å². The van der Waals surface area contributed by atoms with Crippen molar-refractivity contribution in [2.24, 2.45) is 11.8 Å². The van der Waals surface area contributed by atoms with Gasteiger partial charge in [-0.25, -0.2) is 0 Å². The van der Waals surface area contributed by atoms with Crippen LogP contribution < -0.4 is 14.8 Å². The van der Waals surface area contributed by atoms with Gasteiger partial charge in [-0.05, 0) is 48.8 Å². The lowest BCUT2D eigenvalue weighted by Gasteiger charge is -2.18. The second-order valence-corrected chi connectivity index (χ2v) is 9.40. The molecule has 0 aliphatic carbocycles. The van der Waals surface area contributed by atoms with Gasteiger partial charge in [0, 0.05) is 25.8 Å². The molecule has 0 bridgehead atoms. The molecule has 1 aromatic carbocycles. The number of ether oxygens (including phenoxy) is 4. The molecule has 0 heterocycles. The number of carbonyl (C=O) groups excluding carboxylic acids is 4. The van der Waals surface area contributed by atoms with Crippen molar-refractivity contribution in [3.05, 3.63) is 23.8 Å². The molecule has 0 aliphatic heterocycles. The van der Waals surface area contributed by atoms with Crippen LogP contribution in [0.15, 0.2) is 18.2 Å². The maximum Gasteiger partial charge on any atom is 0.323 e. The minimum absolute atomic E-state index is 0.115. The summed E-state index contributed by atoms with van der Waals surface area (Å²) in [7, 11) is 1.29. The van der Waals surface area contributed by atoms with Crippen LogP contribution in [0.2, 0.25) is 0 Å². The quantitative estimate of drug-likeness (QED) is 0.201. The van der Waals surface area contributed by atoms with Crippen molar-refractivity contribution in [3.63, 3.8) is 0 Å². The van der Waals surface area contributed by atoms with Crippen molar-refractivity contribution in [1.82, 2.24) is 5.32 Å². The summed E-state index contributed by atoms with van der Waals surface area (Å²) in [6.07, 6.45) is 2.31. The lowest BCUT2D eigenvalue weighted by atomic mass is 10.0. The van der Waals surface area contributed by atoms with Crippen LogP contribution in [0, 0.1) is 11.8 Å². The Morgan fingerprint density at radius 3 is 1.97 bits per heavy atom. The van der Waals surface area contributed by atoms with Crippen LogP contribution in [-0.2, 0) is 35.1 Å². The van der Waals surface area contributed by atoms with E-state index in [4.69, 9.17) is 18.9 Å². The zero-order valence-corrected chi connectivity index (χ0v) is 22.4. The van der Waals surface area contributed by atoms with Crippen LogP contribution in [0.3, 0.4) is 0 Å². The van der Waals surface area contributed by atoms with Crippen LogP contribution in [0.5, 0.6) is 11.5 Å². The highest BCUT2D eigenvalue weighted by atomic mass is 16.6. The largest absolute Gasteiger partial charge is 0.468 e. The Morgan fingerprint density at radius 2 is 1.44 bits per heavy atom. The summed E-state index contributed by atoms with van der Waals surface area (Å²) >= 11 is 0. The highest BCUT2D eigenvalue weighted by Crippen LogP contribution is 2.30. The number of benzene rings is 1. The first-order valence-corrected chi connectivity index (χ1v) is 12.6. The van der Waals surface area contributed by atoms with Gasteiger partial charge < -0.3 is 24.3 Å². The van der Waals surface area contributed by atoms with Crippen LogP contribution in [0.4, 0.5) is 0 Å². The summed E-state index contributed by atoms with van der Waals surface area (Å²) in [6.45, 7) is 10.1.